The van der Waals surface area contributed by atoms with Crippen molar-refractivity contribution in [3.8, 4) is 11.7 Å². The van der Waals surface area contributed by atoms with Crippen molar-refractivity contribution in [1.82, 2.24) is 19.5 Å². The zero-order valence-corrected chi connectivity index (χ0v) is 13.7. The number of imidazole rings is 1. The van der Waals surface area contributed by atoms with Gasteiger partial charge in [-0.1, -0.05) is 0 Å². The van der Waals surface area contributed by atoms with Gasteiger partial charge in [-0.05, 0) is 38.1 Å². The van der Waals surface area contributed by atoms with Crippen molar-refractivity contribution in [2.75, 3.05) is 11.9 Å². The number of rotatable bonds is 6. The van der Waals surface area contributed by atoms with Crippen LogP contribution < -0.4 is 10.1 Å². The lowest BCUT2D eigenvalue weighted by molar-refractivity contribution is -0.385. The molecule has 1 N–H and O–H groups in total. The highest BCUT2D eigenvalue weighted by Gasteiger charge is 2.22. The van der Waals surface area contributed by atoms with Gasteiger partial charge in [-0.2, -0.15) is 4.98 Å². The average molecular weight is 340 g/mol. The maximum atomic E-state index is 11.4. The lowest BCUT2D eigenvalue weighted by atomic mass is 10.3. The summed E-state index contributed by atoms with van der Waals surface area (Å²) in [5, 5.41) is 14.4. The van der Waals surface area contributed by atoms with Crippen LogP contribution in [0.5, 0.6) is 5.75 Å². The highest BCUT2D eigenvalue weighted by molar-refractivity contribution is 5.67. The lowest BCUT2D eigenvalue weighted by Crippen LogP contribution is -2.08. The monoisotopic (exact) mass is 340 g/mol. The van der Waals surface area contributed by atoms with Crippen molar-refractivity contribution < 1.29 is 9.66 Å². The summed E-state index contributed by atoms with van der Waals surface area (Å²) in [4.78, 5) is 23.3. The van der Waals surface area contributed by atoms with Gasteiger partial charge >= 0.3 is 5.69 Å². The number of ether oxygens (including phenoxy) is 1. The van der Waals surface area contributed by atoms with E-state index in [9.17, 15) is 10.1 Å². The number of aromatic nitrogens is 4. The quantitative estimate of drug-likeness (QED) is 0.542. The van der Waals surface area contributed by atoms with E-state index in [2.05, 4.69) is 20.3 Å². The predicted octanol–water partition coefficient (Wildman–Crippen LogP) is 3.02. The molecule has 0 unspecified atom stereocenters. The fourth-order valence-electron chi connectivity index (χ4n) is 2.29. The Morgan fingerprint density at radius 1 is 1.28 bits per heavy atom. The molecule has 0 saturated heterocycles. The van der Waals surface area contributed by atoms with E-state index in [1.54, 1.807) is 48.1 Å². The van der Waals surface area contributed by atoms with E-state index < -0.39 is 4.92 Å². The van der Waals surface area contributed by atoms with Gasteiger partial charge < -0.3 is 10.1 Å². The van der Waals surface area contributed by atoms with Gasteiger partial charge in [0.1, 0.15) is 17.8 Å². The molecular weight excluding hydrogens is 324 g/mol. The van der Waals surface area contributed by atoms with Gasteiger partial charge in [-0.15, -0.1) is 0 Å². The Kier molecular flexibility index (Phi) is 4.55. The van der Waals surface area contributed by atoms with Crippen LogP contribution in [0.1, 0.15) is 12.6 Å². The van der Waals surface area contributed by atoms with Crippen molar-refractivity contribution in [2.24, 2.45) is 0 Å². The van der Waals surface area contributed by atoms with E-state index >= 15 is 0 Å². The molecule has 0 aliphatic heterocycles. The number of aryl methyl sites for hydroxylation is 1. The second-order valence-electron chi connectivity index (χ2n) is 5.12. The molecule has 0 bridgehead atoms. The highest BCUT2D eigenvalue weighted by atomic mass is 16.6. The van der Waals surface area contributed by atoms with Gasteiger partial charge in [-0.25, -0.2) is 9.97 Å². The Morgan fingerprint density at radius 3 is 2.64 bits per heavy atom. The van der Waals surface area contributed by atoms with Gasteiger partial charge in [-0.3, -0.25) is 14.7 Å². The molecule has 0 aliphatic rings. The molecule has 3 rings (SSSR count). The van der Waals surface area contributed by atoms with E-state index in [0.29, 0.717) is 18.2 Å². The SMILES string of the molecule is CCOc1ccc(Nc2nc(-n3ccnc3)nc(C)c2[N+](=O)[O-])cc1. The summed E-state index contributed by atoms with van der Waals surface area (Å²) in [7, 11) is 0. The zero-order chi connectivity index (χ0) is 17.8. The molecule has 0 aliphatic carbocycles. The van der Waals surface area contributed by atoms with Gasteiger partial charge in [0.05, 0.1) is 11.5 Å². The largest absolute Gasteiger partial charge is 0.494 e. The third-order valence-electron chi connectivity index (χ3n) is 3.39. The van der Waals surface area contributed by atoms with Crippen LogP contribution in [0.3, 0.4) is 0 Å². The minimum Gasteiger partial charge on any atom is -0.494 e. The first-order chi connectivity index (χ1) is 12.1. The van der Waals surface area contributed by atoms with E-state index in [1.807, 2.05) is 6.92 Å². The molecule has 25 heavy (non-hydrogen) atoms. The van der Waals surface area contributed by atoms with E-state index in [0.717, 1.165) is 5.75 Å². The third-order valence-corrected chi connectivity index (χ3v) is 3.39. The summed E-state index contributed by atoms with van der Waals surface area (Å²) in [6.07, 6.45) is 4.78. The van der Waals surface area contributed by atoms with Crippen LogP contribution in [0.15, 0.2) is 43.0 Å². The van der Waals surface area contributed by atoms with E-state index in [1.165, 1.54) is 6.33 Å². The number of hydrogen-bond donors (Lipinski definition) is 1. The fourth-order valence-corrected chi connectivity index (χ4v) is 2.29. The number of benzene rings is 1. The standard InChI is InChI=1S/C16H16N6O3/c1-3-25-13-6-4-12(5-7-13)19-15-14(22(23)24)11(2)18-16(20-15)21-9-8-17-10-21/h4-10H,3H2,1-2H3,(H,18,19,20). The summed E-state index contributed by atoms with van der Waals surface area (Å²) in [5.41, 5.74) is 0.746. The molecule has 2 aromatic heterocycles. The molecular formula is C16H16N6O3. The molecule has 0 radical (unpaired) electrons. The van der Waals surface area contributed by atoms with Gasteiger partial charge in [0.15, 0.2) is 0 Å². The first-order valence-electron chi connectivity index (χ1n) is 7.59. The molecule has 0 spiro atoms. The van der Waals surface area contributed by atoms with E-state index in [-0.39, 0.29) is 17.2 Å². The Hall–Kier alpha value is -3.49. The molecule has 0 fully saturated rings. The summed E-state index contributed by atoms with van der Waals surface area (Å²) >= 11 is 0. The number of hydrogen-bond acceptors (Lipinski definition) is 7. The fraction of sp³-hybridized carbons (Fsp3) is 0.188. The number of nitrogens with one attached hydrogen (secondary N) is 1. The number of anilines is 2. The van der Waals surface area contributed by atoms with Crippen molar-refractivity contribution in [3.63, 3.8) is 0 Å². The normalized spacial score (nSPS) is 10.5. The maximum Gasteiger partial charge on any atom is 0.332 e. The summed E-state index contributed by atoms with van der Waals surface area (Å²) < 4.78 is 6.97. The first kappa shape index (κ1) is 16.4. The van der Waals surface area contributed by atoms with Crippen molar-refractivity contribution in [3.05, 3.63) is 58.8 Å². The van der Waals surface area contributed by atoms with Crippen LogP contribution in [0.4, 0.5) is 17.2 Å². The molecule has 128 valence electrons. The second-order valence-corrected chi connectivity index (χ2v) is 5.12. The summed E-state index contributed by atoms with van der Waals surface area (Å²) in [6, 6.07) is 7.09. The van der Waals surface area contributed by atoms with Crippen LogP contribution in [-0.4, -0.2) is 31.0 Å². The van der Waals surface area contributed by atoms with Crippen molar-refractivity contribution >= 4 is 17.2 Å². The highest BCUT2D eigenvalue weighted by Crippen LogP contribution is 2.29. The Balaban J connectivity index is 1.99. The molecule has 1 aromatic carbocycles. The van der Waals surface area contributed by atoms with Crippen LogP contribution in [0.25, 0.3) is 5.95 Å². The first-order valence-corrected chi connectivity index (χ1v) is 7.59. The molecule has 3 aromatic rings. The van der Waals surface area contributed by atoms with Crippen LogP contribution in [-0.2, 0) is 0 Å². The summed E-state index contributed by atoms with van der Waals surface area (Å²) in [6.45, 7) is 4.04. The van der Waals surface area contributed by atoms with Gasteiger partial charge in [0.2, 0.25) is 11.8 Å². The minimum absolute atomic E-state index is 0.116. The van der Waals surface area contributed by atoms with E-state index in [4.69, 9.17) is 4.74 Å². The average Bonchev–Trinajstić information content (AvgIpc) is 3.10. The van der Waals surface area contributed by atoms with Gasteiger partial charge in [0.25, 0.3) is 0 Å². The Morgan fingerprint density at radius 2 is 2.04 bits per heavy atom. The van der Waals surface area contributed by atoms with Crippen LogP contribution >= 0.6 is 0 Å². The van der Waals surface area contributed by atoms with Crippen LogP contribution in [0.2, 0.25) is 0 Å². The third kappa shape index (κ3) is 3.55. The minimum atomic E-state index is -0.496. The zero-order valence-electron chi connectivity index (χ0n) is 13.7. The smallest absolute Gasteiger partial charge is 0.332 e. The molecule has 9 heteroatoms. The molecule has 0 amide bonds. The Bertz CT molecular complexity index is 878. The molecule has 0 atom stereocenters. The Labute approximate surface area is 143 Å². The number of nitro groups is 1. The lowest BCUT2D eigenvalue weighted by Gasteiger charge is -2.10. The van der Waals surface area contributed by atoms with Crippen molar-refractivity contribution in [1.29, 1.82) is 0 Å². The van der Waals surface area contributed by atoms with Gasteiger partial charge in [0, 0.05) is 18.1 Å². The molecule has 2 heterocycles. The van der Waals surface area contributed by atoms with Crippen LogP contribution in [0, 0.1) is 17.0 Å². The van der Waals surface area contributed by atoms with Crippen molar-refractivity contribution in [2.45, 2.75) is 13.8 Å². The second kappa shape index (κ2) is 6.95. The summed E-state index contributed by atoms with van der Waals surface area (Å²) in [5.74, 6) is 1.14. The topological polar surface area (TPSA) is 108 Å². The molecule has 0 saturated carbocycles. The number of nitrogens with zero attached hydrogens (tertiary/aromatic N) is 5. The molecule has 9 nitrogen and oxygen atoms in total. The maximum absolute atomic E-state index is 11.4. The predicted molar refractivity (Wildman–Crippen MR) is 91.4 cm³/mol.